The van der Waals surface area contributed by atoms with Gasteiger partial charge in [-0.2, -0.15) is 0 Å². The summed E-state index contributed by atoms with van der Waals surface area (Å²) in [6, 6.07) is 7.65. The van der Waals surface area contributed by atoms with E-state index in [9.17, 15) is 4.79 Å². The molecule has 4 nitrogen and oxygen atoms in total. The van der Waals surface area contributed by atoms with Gasteiger partial charge in [0.25, 0.3) is 0 Å². The molecule has 1 saturated carbocycles. The zero-order chi connectivity index (χ0) is 15.3. The molecule has 1 N–H and O–H groups in total. The average molecular weight is 291 g/mol. The van der Waals surface area contributed by atoms with Crippen molar-refractivity contribution in [2.24, 2.45) is 5.92 Å². The van der Waals surface area contributed by atoms with E-state index in [1.807, 2.05) is 31.2 Å². The van der Waals surface area contributed by atoms with Crippen molar-refractivity contribution in [1.29, 1.82) is 0 Å². The van der Waals surface area contributed by atoms with Gasteiger partial charge in [-0.3, -0.25) is 0 Å². The number of esters is 1. The van der Waals surface area contributed by atoms with E-state index >= 15 is 0 Å². The van der Waals surface area contributed by atoms with Crippen molar-refractivity contribution in [2.45, 2.75) is 44.6 Å². The Labute approximate surface area is 126 Å². The highest BCUT2D eigenvalue weighted by atomic mass is 16.5. The standard InChI is InChI=1S/C17H25NO3/c1-17(16(19)21-3,13-7-5-4-6-8-13)18-14-9-11-15(20-2)12-10-14/h9-13,18H,4-8H2,1-3H3. The van der Waals surface area contributed by atoms with Crippen LogP contribution in [0.25, 0.3) is 0 Å². The van der Waals surface area contributed by atoms with Crippen LogP contribution in [-0.4, -0.2) is 25.7 Å². The van der Waals surface area contributed by atoms with E-state index < -0.39 is 5.54 Å². The quantitative estimate of drug-likeness (QED) is 0.842. The first kappa shape index (κ1) is 15.7. The molecule has 4 heteroatoms. The fraction of sp³-hybridized carbons (Fsp3) is 0.588. The van der Waals surface area contributed by atoms with Crippen molar-refractivity contribution in [3.63, 3.8) is 0 Å². The van der Waals surface area contributed by atoms with E-state index in [4.69, 9.17) is 9.47 Å². The molecule has 1 aromatic carbocycles. The molecule has 1 aromatic rings. The molecule has 2 rings (SSSR count). The van der Waals surface area contributed by atoms with Crippen LogP contribution in [0.1, 0.15) is 39.0 Å². The number of benzene rings is 1. The number of rotatable bonds is 5. The minimum absolute atomic E-state index is 0.190. The molecule has 1 aliphatic carbocycles. The first-order chi connectivity index (χ1) is 10.1. The molecule has 1 unspecified atom stereocenters. The van der Waals surface area contributed by atoms with Crippen molar-refractivity contribution in [3.8, 4) is 5.75 Å². The number of anilines is 1. The van der Waals surface area contributed by atoms with E-state index in [1.54, 1.807) is 7.11 Å². The molecule has 0 saturated heterocycles. The summed E-state index contributed by atoms with van der Waals surface area (Å²) >= 11 is 0. The topological polar surface area (TPSA) is 47.6 Å². The van der Waals surface area contributed by atoms with Crippen molar-refractivity contribution in [3.05, 3.63) is 24.3 Å². The van der Waals surface area contributed by atoms with Crippen LogP contribution >= 0.6 is 0 Å². The molecule has 1 aliphatic rings. The lowest BCUT2D eigenvalue weighted by molar-refractivity contribution is -0.147. The Hall–Kier alpha value is -1.71. The van der Waals surface area contributed by atoms with Gasteiger partial charge in [0.05, 0.1) is 14.2 Å². The number of methoxy groups -OCH3 is 2. The second-order valence-corrected chi connectivity index (χ2v) is 5.88. The van der Waals surface area contributed by atoms with E-state index in [1.165, 1.54) is 26.4 Å². The van der Waals surface area contributed by atoms with Gasteiger partial charge in [-0.05, 0) is 49.9 Å². The summed E-state index contributed by atoms with van der Waals surface area (Å²) in [6.45, 7) is 1.96. The molecule has 0 heterocycles. The highest BCUT2D eigenvalue weighted by molar-refractivity contribution is 5.84. The monoisotopic (exact) mass is 291 g/mol. The van der Waals surface area contributed by atoms with Gasteiger partial charge in [0, 0.05) is 5.69 Å². The minimum Gasteiger partial charge on any atom is -0.497 e. The Kier molecular flexibility index (Phi) is 5.10. The molecule has 1 atom stereocenters. The molecule has 0 aliphatic heterocycles. The summed E-state index contributed by atoms with van der Waals surface area (Å²) in [4.78, 5) is 12.4. The molecule has 0 aromatic heterocycles. The Morgan fingerprint density at radius 3 is 2.29 bits per heavy atom. The minimum atomic E-state index is -0.677. The molecule has 116 valence electrons. The Morgan fingerprint density at radius 1 is 1.14 bits per heavy atom. The van der Waals surface area contributed by atoms with Crippen LogP contribution in [0.15, 0.2) is 24.3 Å². The average Bonchev–Trinajstić information content (AvgIpc) is 2.55. The number of ether oxygens (including phenoxy) is 2. The fourth-order valence-electron chi connectivity index (χ4n) is 3.19. The largest absolute Gasteiger partial charge is 0.497 e. The number of nitrogens with one attached hydrogen (secondary N) is 1. The van der Waals surface area contributed by atoms with E-state index in [-0.39, 0.29) is 5.97 Å². The maximum atomic E-state index is 12.4. The summed E-state index contributed by atoms with van der Waals surface area (Å²) in [5.74, 6) is 0.920. The highest BCUT2D eigenvalue weighted by Crippen LogP contribution is 2.36. The SMILES string of the molecule is COC(=O)C(C)(Nc1ccc(OC)cc1)C1CCCCC1. The molecule has 21 heavy (non-hydrogen) atoms. The zero-order valence-corrected chi connectivity index (χ0v) is 13.1. The van der Waals surface area contributed by atoms with Crippen LogP contribution in [0.5, 0.6) is 5.75 Å². The van der Waals surface area contributed by atoms with Crippen molar-refractivity contribution < 1.29 is 14.3 Å². The zero-order valence-electron chi connectivity index (χ0n) is 13.1. The van der Waals surface area contributed by atoms with Gasteiger partial charge >= 0.3 is 5.97 Å². The highest BCUT2D eigenvalue weighted by Gasteiger charge is 2.42. The lowest BCUT2D eigenvalue weighted by atomic mass is 9.75. The number of hydrogen-bond acceptors (Lipinski definition) is 4. The third-order valence-electron chi connectivity index (χ3n) is 4.53. The van der Waals surface area contributed by atoms with E-state index in [0.29, 0.717) is 5.92 Å². The van der Waals surface area contributed by atoms with E-state index in [0.717, 1.165) is 24.3 Å². The molecule has 1 fully saturated rings. The molecular weight excluding hydrogens is 266 g/mol. The van der Waals surface area contributed by atoms with Gasteiger partial charge in [0.1, 0.15) is 11.3 Å². The smallest absolute Gasteiger partial charge is 0.331 e. The van der Waals surface area contributed by atoms with Gasteiger partial charge < -0.3 is 14.8 Å². The predicted octanol–water partition coefficient (Wildman–Crippen LogP) is 3.62. The summed E-state index contributed by atoms with van der Waals surface area (Å²) in [6.07, 6.45) is 5.75. The van der Waals surface area contributed by atoms with Crippen LogP contribution in [0.2, 0.25) is 0 Å². The van der Waals surface area contributed by atoms with Crippen molar-refractivity contribution in [1.82, 2.24) is 0 Å². The normalized spacial score (nSPS) is 18.6. The van der Waals surface area contributed by atoms with Crippen LogP contribution in [0, 0.1) is 5.92 Å². The van der Waals surface area contributed by atoms with Crippen LogP contribution in [0.3, 0.4) is 0 Å². The predicted molar refractivity (Wildman–Crippen MR) is 83.6 cm³/mol. The summed E-state index contributed by atoms with van der Waals surface area (Å²) < 4.78 is 10.2. The lowest BCUT2D eigenvalue weighted by Gasteiger charge is -2.38. The first-order valence-corrected chi connectivity index (χ1v) is 7.61. The maximum Gasteiger partial charge on any atom is 0.331 e. The van der Waals surface area contributed by atoms with Crippen LogP contribution < -0.4 is 10.1 Å². The molecule has 0 radical (unpaired) electrons. The maximum absolute atomic E-state index is 12.4. The fourth-order valence-corrected chi connectivity index (χ4v) is 3.19. The first-order valence-electron chi connectivity index (χ1n) is 7.61. The molecule has 0 bridgehead atoms. The molecule has 0 amide bonds. The second-order valence-electron chi connectivity index (χ2n) is 5.88. The number of hydrogen-bond donors (Lipinski definition) is 1. The van der Waals surface area contributed by atoms with Crippen molar-refractivity contribution >= 4 is 11.7 Å². The second kappa shape index (κ2) is 6.83. The van der Waals surface area contributed by atoms with Crippen molar-refractivity contribution in [2.75, 3.05) is 19.5 Å². The molecular formula is C17H25NO3. The molecule has 0 spiro atoms. The van der Waals surface area contributed by atoms with Gasteiger partial charge in [-0.15, -0.1) is 0 Å². The Bertz CT molecular complexity index is 465. The number of carbonyl (C=O) groups is 1. The summed E-state index contributed by atoms with van der Waals surface area (Å²) in [5, 5.41) is 3.40. The van der Waals surface area contributed by atoms with Gasteiger partial charge in [-0.1, -0.05) is 19.3 Å². The Balaban J connectivity index is 2.20. The summed E-state index contributed by atoms with van der Waals surface area (Å²) in [7, 11) is 3.10. The summed E-state index contributed by atoms with van der Waals surface area (Å²) in [5.41, 5.74) is 0.235. The lowest BCUT2D eigenvalue weighted by Crippen LogP contribution is -2.51. The van der Waals surface area contributed by atoms with Crippen LogP contribution in [-0.2, 0) is 9.53 Å². The van der Waals surface area contributed by atoms with Gasteiger partial charge in [0.2, 0.25) is 0 Å². The van der Waals surface area contributed by atoms with Gasteiger partial charge in [-0.25, -0.2) is 4.79 Å². The number of carbonyl (C=O) groups excluding carboxylic acids is 1. The third-order valence-corrected chi connectivity index (χ3v) is 4.53. The third kappa shape index (κ3) is 3.49. The van der Waals surface area contributed by atoms with Gasteiger partial charge in [0.15, 0.2) is 0 Å². The Morgan fingerprint density at radius 2 is 1.76 bits per heavy atom. The van der Waals surface area contributed by atoms with E-state index in [2.05, 4.69) is 5.32 Å². The van der Waals surface area contributed by atoms with Crippen LogP contribution in [0.4, 0.5) is 5.69 Å².